The average molecular weight is 376 g/mol. The Morgan fingerprint density at radius 1 is 1.22 bits per heavy atom. The van der Waals surface area contributed by atoms with Gasteiger partial charge in [0, 0.05) is 19.1 Å². The van der Waals surface area contributed by atoms with E-state index in [4.69, 9.17) is 13.9 Å². The van der Waals surface area contributed by atoms with Crippen molar-refractivity contribution in [2.45, 2.75) is 19.4 Å². The van der Waals surface area contributed by atoms with Gasteiger partial charge in [0.2, 0.25) is 0 Å². The molecule has 2 heterocycles. The molecule has 0 saturated carbocycles. The van der Waals surface area contributed by atoms with Gasteiger partial charge in [-0.2, -0.15) is 0 Å². The fourth-order valence-electron chi connectivity index (χ4n) is 3.25. The summed E-state index contributed by atoms with van der Waals surface area (Å²) < 4.78 is 29.4. The van der Waals surface area contributed by atoms with Crippen LogP contribution in [0.5, 0.6) is 5.75 Å². The van der Waals surface area contributed by atoms with E-state index in [-0.39, 0.29) is 29.5 Å². The maximum atomic E-state index is 12.9. The van der Waals surface area contributed by atoms with Gasteiger partial charge < -0.3 is 24.5 Å². The van der Waals surface area contributed by atoms with E-state index in [1.165, 1.54) is 12.1 Å². The van der Waals surface area contributed by atoms with Crippen LogP contribution in [-0.2, 0) is 11.3 Å². The molecule has 2 N–H and O–H groups in total. The largest absolute Gasteiger partial charge is 0.486 e. The van der Waals surface area contributed by atoms with Crippen LogP contribution in [0.15, 0.2) is 40.8 Å². The molecule has 1 saturated heterocycles. The zero-order chi connectivity index (χ0) is 19.1. The zero-order valence-electron chi connectivity index (χ0n) is 15.4. The van der Waals surface area contributed by atoms with E-state index in [1.807, 2.05) is 0 Å². The van der Waals surface area contributed by atoms with Gasteiger partial charge in [0.25, 0.3) is 5.91 Å². The minimum Gasteiger partial charge on any atom is -0.486 e. The number of nitrogens with one attached hydrogen (secondary N) is 2. The summed E-state index contributed by atoms with van der Waals surface area (Å²) in [6, 6.07) is 9.07. The topological polar surface area (TPSA) is 72.7 Å². The Morgan fingerprint density at radius 2 is 1.96 bits per heavy atom. The molecule has 1 amide bonds. The predicted molar refractivity (Wildman–Crippen MR) is 98.2 cm³/mol. The maximum absolute atomic E-state index is 12.9. The van der Waals surface area contributed by atoms with Crippen molar-refractivity contribution >= 4 is 5.91 Å². The Hall–Kier alpha value is -2.38. The van der Waals surface area contributed by atoms with Crippen LogP contribution in [0.25, 0.3) is 0 Å². The van der Waals surface area contributed by atoms with Gasteiger partial charge in [-0.05, 0) is 62.3 Å². The molecule has 7 heteroatoms. The average Bonchev–Trinajstić information content (AvgIpc) is 3.16. The van der Waals surface area contributed by atoms with E-state index in [0.717, 1.165) is 25.9 Å². The lowest BCUT2D eigenvalue weighted by atomic mass is 9.79. The van der Waals surface area contributed by atoms with Crippen LogP contribution in [-0.4, -0.2) is 39.3 Å². The number of hydrogen-bond donors (Lipinski definition) is 2. The van der Waals surface area contributed by atoms with Crippen LogP contribution in [0.3, 0.4) is 0 Å². The van der Waals surface area contributed by atoms with Crippen LogP contribution in [0.2, 0.25) is 0 Å². The highest BCUT2D eigenvalue weighted by molar-refractivity contribution is 5.91. The van der Waals surface area contributed by atoms with Gasteiger partial charge in [0.15, 0.2) is 5.76 Å². The highest BCUT2D eigenvalue weighted by atomic mass is 19.1. The summed E-state index contributed by atoms with van der Waals surface area (Å²) >= 11 is 0. The van der Waals surface area contributed by atoms with E-state index in [2.05, 4.69) is 10.6 Å². The normalized spacial score (nSPS) is 16.1. The Morgan fingerprint density at radius 3 is 2.67 bits per heavy atom. The third kappa shape index (κ3) is 5.30. The first-order valence-corrected chi connectivity index (χ1v) is 9.05. The van der Waals surface area contributed by atoms with Gasteiger partial charge >= 0.3 is 0 Å². The van der Waals surface area contributed by atoms with E-state index in [9.17, 15) is 9.18 Å². The lowest BCUT2D eigenvalue weighted by Crippen LogP contribution is -2.47. The first-order chi connectivity index (χ1) is 13.1. The molecule has 27 heavy (non-hydrogen) atoms. The number of benzene rings is 1. The van der Waals surface area contributed by atoms with Crippen molar-refractivity contribution in [2.75, 3.05) is 33.4 Å². The second kappa shape index (κ2) is 9.01. The summed E-state index contributed by atoms with van der Waals surface area (Å²) in [7, 11) is 1.69. The molecule has 1 aliphatic heterocycles. The highest BCUT2D eigenvalue weighted by Gasteiger charge is 2.32. The van der Waals surface area contributed by atoms with E-state index in [1.54, 1.807) is 31.4 Å². The fourth-order valence-corrected chi connectivity index (χ4v) is 3.25. The standard InChI is InChI=1S/C20H25FN2O4/c1-25-14-20(8-10-22-11-9-20)13-23-19(24)18-7-6-17(27-18)12-26-16-4-2-15(21)3-5-16/h2-7,22H,8-14H2,1H3,(H,23,24). The lowest BCUT2D eigenvalue weighted by Gasteiger charge is -2.37. The van der Waals surface area contributed by atoms with Crippen molar-refractivity contribution in [1.82, 2.24) is 10.6 Å². The summed E-state index contributed by atoms with van der Waals surface area (Å²) in [5.41, 5.74) is -0.0449. The van der Waals surface area contributed by atoms with Gasteiger partial charge in [-0.25, -0.2) is 4.39 Å². The van der Waals surface area contributed by atoms with Crippen molar-refractivity contribution in [1.29, 1.82) is 0 Å². The molecule has 2 aromatic rings. The van der Waals surface area contributed by atoms with Gasteiger partial charge in [-0.3, -0.25) is 4.79 Å². The lowest BCUT2D eigenvalue weighted by molar-refractivity contribution is 0.0505. The number of halogens is 1. The molecule has 1 aliphatic rings. The quantitative estimate of drug-likeness (QED) is 0.741. The number of hydrogen-bond acceptors (Lipinski definition) is 5. The SMILES string of the molecule is COCC1(CNC(=O)c2ccc(COc3ccc(F)cc3)o2)CCNCC1. The molecule has 6 nitrogen and oxygen atoms in total. The van der Waals surface area contributed by atoms with E-state index < -0.39 is 0 Å². The fraction of sp³-hybridized carbons (Fsp3) is 0.450. The van der Waals surface area contributed by atoms with Gasteiger partial charge in [-0.15, -0.1) is 0 Å². The Kier molecular flexibility index (Phi) is 6.47. The number of furan rings is 1. The minimum absolute atomic E-state index is 0.0449. The molecule has 146 valence electrons. The smallest absolute Gasteiger partial charge is 0.287 e. The Balaban J connectivity index is 1.52. The van der Waals surface area contributed by atoms with Crippen molar-refractivity contribution in [3.05, 3.63) is 53.7 Å². The molecule has 0 spiro atoms. The second-order valence-corrected chi connectivity index (χ2v) is 6.87. The monoisotopic (exact) mass is 376 g/mol. The molecule has 1 fully saturated rings. The van der Waals surface area contributed by atoms with Gasteiger partial charge in [0.1, 0.15) is 23.9 Å². The summed E-state index contributed by atoms with van der Waals surface area (Å²) in [6.07, 6.45) is 1.91. The molecule has 0 atom stereocenters. The molecule has 1 aromatic heterocycles. The van der Waals surface area contributed by atoms with Crippen molar-refractivity contribution in [3.63, 3.8) is 0 Å². The summed E-state index contributed by atoms with van der Waals surface area (Å²) in [5.74, 6) is 0.731. The number of methoxy groups -OCH3 is 1. The van der Waals surface area contributed by atoms with Crippen LogP contribution in [0.1, 0.15) is 29.2 Å². The number of carbonyl (C=O) groups is 1. The third-order valence-electron chi connectivity index (χ3n) is 4.82. The van der Waals surface area contributed by atoms with E-state index in [0.29, 0.717) is 24.7 Å². The van der Waals surface area contributed by atoms with Crippen LogP contribution >= 0.6 is 0 Å². The van der Waals surface area contributed by atoms with Crippen LogP contribution < -0.4 is 15.4 Å². The molecule has 0 aliphatic carbocycles. The van der Waals surface area contributed by atoms with Crippen molar-refractivity contribution in [2.24, 2.45) is 5.41 Å². The molecule has 0 bridgehead atoms. The Labute approximate surface area is 158 Å². The molecule has 0 radical (unpaired) electrons. The number of piperidine rings is 1. The maximum Gasteiger partial charge on any atom is 0.287 e. The highest BCUT2D eigenvalue weighted by Crippen LogP contribution is 2.28. The molecule has 1 aromatic carbocycles. The molecule has 0 unspecified atom stereocenters. The summed E-state index contributed by atoms with van der Waals surface area (Å²) in [6.45, 7) is 3.17. The number of ether oxygens (including phenoxy) is 2. The van der Waals surface area contributed by atoms with Crippen LogP contribution in [0.4, 0.5) is 4.39 Å². The second-order valence-electron chi connectivity index (χ2n) is 6.87. The van der Waals surface area contributed by atoms with Gasteiger partial charge in [0.05, 0.1) is 6.61 Å². The number of amides is 1. The zero-order valence-corrected chi connectivity index (χ0v) is 15.4. The molecular weight excluding hydrogens is 351 g/mol. The van der Waals surface area contributed by atoms with E-state index >= 15 is 0 Å². The predicted octanol–water partition coefficient (Wildman–Crippen LogP) is 2.74. The third-order valence-corrected chi connectivity index (χ3v) is 4.82. The van der Waals surface area contributed by atoms with Crippen LogP contribution in [0, 0.1) is 11.2 Å². The Bertz CT molecular complexity index is 733. The first kappa shape index (κ1) is 19.4. The summed E-state index contributed by atoms with van der Waals surface area (Å²) in [4.78, 5) is 12.4. The first-order valence-electron chi connectivity index (χ1n) is 9.05. The molecular formula is C20H25FN2O4. The van der Waals surface area contributed by atoms with Crippen molar-refractivity contribution in [3.8, 4) is 5.75 Å². The summed E-state index contributed by atoms with van der Waals surface area (Å²) in [5, 5.41) is 6.29. The minimum atomic E-state index is -0.320. The molecule has 3 rings (SSSR count). The van der Waals surface area contributed by atoms with Gasteiger partial charge in [-0.1, -0.05) is 0 Å². The number of carbonyl (C=O) groups excluding carboxylic acids is 1. The van der Waals surface area contributed by atoms with Crippen molar-refractivity contribution < 1.29 is 23.1 Å². The number of rotatable bonds is 8.